The van der Waals surface area contributed by atoms with Crippen LogP contribution in [0.25, 0.3) is 0 Å². The van der Waals surface area contributed by atoms with Crippen LogP contribution in [0.15, 0.2) is 41.3 Å². The van der Waals surface area contributed by atoms with E-state index < -0.39 is 16.2 Å². The Hall–Kier alpha value is -1.50. The highest BCUT2D eigenvalue weighted by atomic mass is 32.2. The van der Waals surface area contributed by atoms with Crippen LogP contribution in [0, 0.1) is 12.8 Å². The Morgan fingerprint density at radius 3 is 2.48 bits per heavy atom. The van der Waals surface area contributed by atoms with Crippen LogP contribution in [0.2, 0.25) is 0 Å². The summed E-state index contributed by atoms with van der Waals surface area (Å²) >= 11 is 0. The molecular formula is C19H28O5S. The number of unbranched alkanes of at least 4 members (excludes halogenated alkanes) is 1. The number of aliphatic hydroxyl groups is 1. The molecule has 1 aromatic rings. The van der Waals surface area contributed by atoms with Gasteiger partial charge in [0.2, 0.25) is 0 Å². The Labute approximate surface area is 150 Å². The van der Waals surface area contributed by atoms with Crippen LogP contribution in [0.3, 0.4) is 0 Å². The first-order valence-corrected chi connectivity index (χ1v) is 9.94. The van der Waals surface area contributed by atoms with E-state index in [9.17, 15) is 18.3 Å². The summed E-state index contributed by atoms with van der Waals surface area (Å²) in [5, 5.41) is 9.79. The number of Topliss-reactive ketones (excluding diaryl/α,β-unsaturated/α-hetero) is 1. The average Bonchev–Trinajstić information content (AvgIpc) is 2.52. The van der Waals surface area contributed by atoms with Crippen molar-refractivity contribution in [3.8, 4) is 0 Å². The zero-order chi connectivity index (χ0) is 18.9. The van der Waals surface area contributed by atoms with Gasteiger partial charge in [0, 0.05) is 12.8 Å². The Kier molecular flexibility index (Phi) is 9.03. The van der Waals surface area contributed by atoms with Crippen molar-refractivity contribution >= 4 is 15.9 Å². The molecule has 0 aromatic heterocycles. The number of carbonyl (C=O) groups is 1. The molecule has 0 heterocycles. The van der Waals surface area contributed by atoms with Gasteiger partial charge >= 0.3 is 0 Å². The molecule has 1 rings (SSSR count). The van der Waals surface area contributed by atoms with E-state index in [2.05, 4.69) is 0 Å². The van der Waals surface area contributed by atoms with Gasteiger partial charge in [0.05, 0.1) is 17.6 Å². The first-order chi connectivity index (χ1) is 11.7. The summed E-state index contributed by atoms with van der Waals surface area (Å²) in [5.41, 5.74) is 0.953. The molecule has 25 heavy (non-hydrogen) atoms. The molecule has 0 aliphatic heterocycles. The number of ketones is 1. The predicted octanol–water partition coefficient (Wildman–Crippen LogP) is 3.40. The SMILES string of the molecule is Cc1ccc(S(=O)(=O)OC[C@@H](O)/C=C/CCCC(=O)CC(C)C)cc1. The van der Waals surface area contributed by atoms with E-state index in [1.165, 1.54) is 18.2 Å². The maximum atomic E-state index is 12.0. The smallest absolute Gasteiger partial charge is 0.297 e. The number of carbonyl (C=O) groups excluding carboxylic acids is 1. The van der Waals surface area contributed by atoms with E-state index in [-0.39, 0.29) is 17.3 Å². The molecule has 0 radical (unpaired) electrons. The van der Waals surface area contributed by atoms with Crippen molar-refractivity contribution in [3.63, 3.8) is 0 Å². The lowest BCUT2D eigenvalue weighted by Crippen LogP contribution is -2.17. The lowest BCUT2D eigenvalue weighted by molar-refractivity contribution is -0.119. The summed E-state index contributed by atoms with van der Waals surface area (Å²) in [7, 11) is -3.87. The van der Waals surface area contributed by atoms with E-state index in [1.54, 1.807) is 18.2 Å². The number of benzene rings is 1. The average molecular weight is 368 g/mol. The van der Waals surface area contributed by atoms with Crippen molar-refractivity contribution in [1.29, 1.82) is 0 Å². The van der Waals surface area contributed by atoms with Gasteiger partial charge in [-0.1, -0.05) is 43.7 Å². The summed E-state index contributed by atoms with van der Waals surface area (Å²) in [6.45, 7) is 5.55. The largest absolute Gasteiger partial charge is 0.387 e. The molecule has 140 valence electrons. The third kappa shape index (κ3) is 8.95. The standard InChI is InChI=1S/C19H28O5S/c1-15(2)13-17(20)7-5-4-6-8-18(21)14-24-25(22,23)19-11-9-16(3)10-12-19/h6,8-12,15,18,21H,4-5,7,13-14H2,1-3H3/b8-6+/t18-/m0/s1. The summed E-state index contributed by atoms with van der Waals surface area (Å²) < 4.78 is 28.9. The van der Waals surface area contributed by atoms with Crippen LogP contribution >= 0.6 is 0 Å². The fourth-order valence-corrected chi connectivity index (χ4v) is 3.14. The van der Waals surface area contributed by atoms with Crippen LogP contribution in [0.5, 0.6) is 0 Å². The normalized spacial score (nSPS) is 13.5. The third-order valence-corrected chi connectivity index (χ3v) is 4.82. The van der Waals surface area contributed by atoms with Crippen molar-refractivity contribution < 1.29 is 22.5 Å². The van der Waals surface area contributed by atoms with Gasteiger partial charge in [0.15, 0.2) is 0 Å². The molecule has 0 unspecified atom stereocenters. The zero-order valence-electron chi connectivity index (χ0n) is 15.1. The van der Waals surface area contributed by atoms with Gasteiger partial charge < -0.3 is 5.11 Å². The molecule has 0 aliphatic carbocycles. The molecule has 1 atom stereocenters. The van der Waals surface area contributed by atoms with Crippen molar-refractivity contribution in [1.82, 2.24) is 0 Å². The van der Waals surface area contributed by atoms with Crippen LogP contribution in [-0.4, -0.2) is 32.0 Å². The minimum Gasteiger partial charge on any atom is -0.387 e. The predicted molar refractivity (Wildman–Crippen MR) is 97.8 cm³/mol. The van der Waals surface area contributed by atoms with Gasteiger partial charge in [-0.2, -0.15) is 8.42 Å². The monoisotopic (exact) mass is 368 g/mol. The molecule has 1 aromatic carbocycles. The van der Waals surface area contributed by atoms with Gasteiger partial charge in [-0.05, 0) is 37.8 Å². The molecule has 0 amide bonds. The molecule has 0 bridgehead atoms. The molecule has 0 spiro atoms. The van der Waals surface area contributed by atoms with Crippen LogP contribution in [0.1, 0.15) is 45.1 Å². The molecule has 0 saturated carbocycles. The second kappa shape index (κ2) is 10.5. The maximum Gasteiger partial charge on any atom is 0.297 e. The molecule has 5 nitrogen and oxygen atoms in total. The van der Waals surface area contributed by atoms with Crippen LogP contribution < -0.4 is 0 Å². The highest BCUT2D eigenvalue weighted by molar-refractivity contribution is 7.86. The lowest BCUT2D eigenvalue weighted by atomic mass is 10.0. The van der Waals surface area contributed by atoms with Gasteiger partial charge in [-0.25, -0.2) is 0 Å². The first kappa shape index (κ1) is 21.5. The van der Waals surface area contributed by atoms with Gasteiger partial charge in [0.25, 0.3) is 10.1 Å². The molecule has 6 heteroatoms. The van der Waals surface area contributed by atoms with E-state index in [4.69, 9.17) is 4.18 Å². The summed E-state index contributed by atoms with van der Waals surface area (Å²) in [4.78, 5) is 11.6. The van der Waals surface area contributed by atoms with Crippen LogP contribution in [-0.2, 0) is 19.1 Å². The fraction of sp³-hybridized carbons (Fsp3) is 0.526. The molecule has 0 fully saturated rings. The van der Waals surface area contributed by atoms with Crippen molar-refractivity contribution in [2.45, 2.75) is 57.5 Å². The molecule has 0 saturated heterocycles. The minimum atomic E-state index is -3.87. The number of aliphatic hydroxyl groups excluding tert-OH is 1. The number of aryl methyl sites for hydroxylation is 1. The number of hydrogen-bond acceptors (Lipinski definition) is 5. The number of allylic oxidation sites excluding steroid dienone is 1. The quantitative estimate of drug-likeness (QED) is 0.368. The van der Waals surface area contributed by atoms with Gasteiger partial charge in [-0.15, -0.1) is 0 Å². The lowest BCUT2D eigenvalue weighted by Gasteiger charge is -2.08. The number of rotatable bonds is 11. The Bertz CT molecular complexity index is 660. The molecule has 0 aliphatic rings. The van der Waals surface area contributed by atoms with Crippen molar-refractivity contribution in [2.75, 3.05) is 6.61 Å². The second-order valence-corrected chi connectivity index (χ2v) is 8.19. The van der Waals surface area contributed by atoms with E-state index in [0.717, 1.165) is 12.0 Å². The molecular weight excluding hydrogens is 340 g/mol. The van der Waals surface area contributed by atoms with E-state index in [1.807, 2.05) is 20.8 Å². The number of hydrogen-bond donors (Lipinski definition) is 1. The fourth-order valence-electron chi connectivity index (χ4n) is 2.22. The van der Waals surface area contributed by atoms with E-state index >= 15 is 0 Å². The minimum absolute atomic E-state index is 0.0675. The summed E-state index contributed by atoms with van der Waals surface area (Å²) in [6.07, 6.45) is 4.73. The highest BCUT2D eigenvalue weighted by Crippen LogP contribution is 2.13. The first-order valence-electron chi connectivity index (χ1n) is 8.53. The van der Waals surface area contributed by atoms with Crippen molar-refractivity contribution in [2.24, 2.45) is 5.92 Å². The van der Waals surface area contributed by atoms with Crippen LogP contribution in [0.4, 0.5) is 0 Å². The Morgan fingerprint density at radius 1 is 1.24 bits per heavy atom. The zero-order valence-corrected chi connectivity index (χ0v) is 16.0. The second-order valence-electron chi connectivity index (χ2n) is 6.58. The third-order valence-electron chi connectivity index (χ3n) is 3.52. The van der Waals surface area contributed by atoms with Gasteiger partial charge in [-0.3, -0.25) is 8.98 Å². The Balaban J connectivity index is 2.33. The van der Waals surface area contributed by atoms with Crippen molar-refractivity contribution in [3.05, 3.63) is 42.0 Å². The van der Waals surface area contributed by atoms with E-state index in [0.29, 0.717) is 25.2 Å². The highest BCUT2D eigenvalue weighted by Gasteiger charge is 2.16. The van der Waals surface area contributed by atoms with Gasteiger partial charge in [0.1, 0.15) is 5.78 Å². The Morgan fingerprint density at radius 2 is 1.88 bits per heavy atom. The summed E-state index contributed by atoms with van der Waals surface area (Å²) in [6, 6.07) is 6.32. The summed E-state index contributed by atoms with van der Waals surface area (Å²) in [5.74, 6) is 0.619. The topological polar surface area (TPSA) is 80.7 Å². The maximum absolute atomic E-state index is 12.0. The molecule has 1 N–H and O–H groups in total.